The van der Waals surface area contributed by atoms with Crippen LogP contribution in [0, 0.1) is 0 Å². The van der Waals surface area contributed by atoms with E-state index in [1.54, 1.807) is 0 Å². The summed E-state index contributed by atoms with van der Waals surface area (Å²) >= 11 is 0. The van der Waals surface area contributed by atoms with Gasteiger partial charge in [0.05, 0.1) is 31.1 Å². The molecule has 3 rings (SSSR count). The van der Waals surface area contributed by atoms with Crippen molar-refractivity contribution >= 4 is 21.9 Å². The number of esters is 1. The second-order valence-electron chi connectivity index (χ2n) is 8.22. The second-order valence-corrected chi connectivity index (χ2v) is 10.2. The molecule has 0 radical (unpaired) electrons. The number of hydrogen-bond acceptors (Lipinski definition) is 6. The molecule has 1 heterocycles. The van der Waals surface area contributed by atoms with Crippen LogP contribution in [0.3, 0.4) is 0 Å². The molecule has 0 spiro atoms. The van der Waals surface area contributed by atoms with Crippen molar-refractivity contribution in [2.45, 2.75) is 43.5 Å². The number of rotatable bonds is 9. The molecule has 34 heavy (non-hydrogen) atoms. The Morgan fingerprint density at radius 3 is 2.26 bits per heavy atom. The van der Waals surface area contributed by atoms with Crippen molar-refractivity contribution in [1.29, 1.82) is 0 Å². The van der Waals surface area contributed by atoms with Crippen LogP contribution in [0.2, 0.25) is 0 Å². The van der Waals surface area contributed by atoms with Gasteiger partial charge in [-0.15, -0.1) is 0 Å². The van der Waals surface area contributed by atoms with Crippen LogP contribution < -0.4 is 4.74 Å². The molecule has 0 unspecified atom stereocenters. The molecule has 0 aliphatic carbocycles. The summed E-state index contributed by atoms with van der Waals surface area (Å²) in [5, 5.41) is 0. The first kappa shape index (κ1) is 25.7. The first-order chi connectivity index (χ1) is 16.4. The first-order valence-electron chi connectivity index (χ1n) is 11.4. The summed E-state index contributed by atoms with van der Waals surface area (Å²) in [5.74, 6) is -0.580. The third-order valence-electron chi connectivity index (χ3n) is 5.92. The van der Waals surface area contributed by atoms with Crippen LogP contribution in [0.5, 0.6) is 5.75 Å². The lowest BCUT2D eigenvalue weighted by molar-refractivity contribution is -0.140. The molecular formula is C25H32N2O6S. The van der Waals surface area contributed by atoms with Gasteiger partial charge in [0.25, 0.3) is 5.91 Å². The molecule has 9 heteroatoms. The summed E-state index contributed by atoms with van der Waals surface area (Å²) in [5.41, 5.74) is 1.02. The smallest absolute Gasteiger partial charge is 0.307 e. The molecule has 2 aromatic carbocycles. The molecule has 0 aromatic heterocycles. The highest BCUT2D eigenvalue weighted by Crippen LogP contribution is 2.28. The van der Waals surface area contributed by atoms with E-state index < -0.39 is 21.9 Å². The zero-order valence-corrected chi connectivity index (χ0v) is 20.6. The maximum Gasteiger partial charge on any atom is 0.307 e. The predicted octanol–water partition coefficient (Wildman–Crippen LogP) is 3.47. The van der Waals surface area contributed by atoms with Gasteiger partial charge in [-0.25, -0.2) is 8.42 Å². The summed E-state index contributed by atoms with van der Waals surface area (Å²) in [6, 6.07) is 13.8. The van der Waals surface area contributed by atoms with Crippen molar-refractivity contribution in [3.8, 4) is 5.75 Å². The van der Waals surface area contributed by atoms with Gasteiger partial charge in [-0.1, -0.05) is 43.2 Å². The molecule has 0 bridgehead atoms. The van der Waals surface area contributed by atoms with Crippen LogP contribution in [0.1, 0.15) is 48.0 Å². The maximum absolute atomic E-state index is 13.6. The number of sulfonamides is 1. The summed E-state index contributed by atoms with van der Waals surface area (Å²) in [4.78, 5) is 27.0. The van der Waals surface area contributed by atoms with Gasteiger partial charge < -0.3 is 14.4 Å². The molecular weight excluding hydrogens is 456 g/mol. The summed E-state index contributed by atoms with van der Waals surface area (Å²) < 4.78 is 38.3. The Morgan fingerprint density at radius 2 is 1.65 bits per heavy atom. The Bertz CT molecular complexity index is 1080. The Morgan fingerprint density at radius 1 is 0.971 bits per heavy atom. The van der Waals surface area contributed by atoms with E-state index in [0.717, 1.165) is 31.2 Å². The largest absolute Gasteiger partial charge is 0.496 e. The average Bonchev–Trinajstić information content (AvgIpc) is 3.16. The van der Waals surface area contributed by atoms with Crippen molar-refractivity contribution < 1.29 is 27.5 Å². The minimum atomic E-state index is -3.75. The number of nitrogens with zero attached hydrogens (tertiary/aromatic N) is 2. The monoisotopic (exact) mass is 488 g/mol. The number of methoxy groups -OCH3 is 2. The van der Waals surface area contributed by atoms with Gasteiger partial charge in [0, 0.05) is 26.2 Å². The van der Waals surface area contributed by atoms with E-state index in [1.807, 2.05) is 30.3 Å². The van der Waals surface area contributed by atoms with E-state index in [4.69, 9.17) is 9.47 Å². The highest BCUT2D eigenvalue weighted by molar-refractivity contribution is 7.89. The lowest BCUT2D eigenvalue weighted by Crippen LogP contribution is -2.34. The van der Waals surface area contributed by atoms with E-state index >= 15 is 0 Å². The number of carbonyl (C=O) groups is 2. The van der Waals surface area contributed by atoms with Gasteiger partial charge in [0.2, 0.25) is 10.0 Å². The van der Waals surface area contributed by atoms with E-state index in [2.05, 4.69) is 0 Å². The molecule has 1 aliphatic rings. The van der Waals surface area contributed by atoms with Crippen LogP contribution in [0.4, 0.5) is 0 Å². The highest BCUT2D eigenvalue weighted by Gasteiger charge is 2.28. The fourth-order valence-electron chi connectivity index (χ4n) is 4.00. The van der Waals surface area contributed by atoms with Crippen LogP contribution in [-0.2, 0) is 26.1 Å². The third kappa shape index (κ3) is 6.36. The fourth-order valence-corrected chi connectivity index (χ4v) is 5.54. The quantitative estimate of drug-likeness (QED) is 0.502. The molecule has 184 valence electrons. The van der Waals surface area contributed by atoms with Gasteiger partial charge >= 0.3 is 5.97 Å². The standard InChI is InChI=1S/C25H32N2O6S/c1-32-23-13-12-21(34(30,31)27-15-8-3-4-9-16-27)18-22(23)25(29)26(17-14-24(28)33-2)19-20-10-6-5-7-11-20/h5-7,10-13,18H,3-4,8-9,14-17,19H2,1-2H3. The number of ether oxygens (including phenoxy) is 2. The van der Waals surface area contributed by atoms with Crippen LogP contribution in [0.25, 0.3) is 0 Å². The third-order valence-corrected chi connectivity index (χ3v) is 7.82. The Balaban J connectivity index is 1.94. The predicted molar refractivity (Wildman–Crippen MR) is 128 cm³/mol. The summed E-state index contributed by atoms with van der Waals surface area (Å²) in [6.07, 6.45) is 3.67. The Kier molecular flexibility index (Phi) is 9.06. The first-order valence-corrected chi connectivity index (χ1v) is 12.9. The second kappa shape index (κ2) is 12.0. The zero-order valence-electron chi connectivity index (χ0n) is 19.7. The van der Waals surface area contributed by atoms with Gasteiger partial charge in [-0.05, 0) is 36.6 Å². The summed E-state index contributed by atoms with van der Waals surface area (Å²) in [6.45, 7) is 1.31. The van der Waals surface area contributed by atoms with Crippen molar-refractivity contribution in [2.24, 2.45) is 0 Å². The van der Waals surface area contributed by atoms with Crippen LogP contribution in [0.15, 0.2) is 53.4 Å². The zero-order chi connectivity index (χ0) is 24.6. The Labute approximate surface area is 201 Å². The van der Waals surface area contributed by atoms with Crippen LogP contribution >= 0.6 is 0 Å². The van der Waals surface area contributed by atoms with Crippen molar-refractivity contribution in [3.05, 3.63) is 59.7 Å². The van der Waals surface area contributed by atoms with Gasteiger partial charge in [0.15, 0.2) is 0 Å². The highest BCUT2D eigenvalue weighted by atomic mass is 32.2. The lowest BCUT2D eigenvalue weighted by atomic mass is 10.1. The molecule has 1 saturated heterocycles. The van der Waals surface area contributed by atoms with Gasteiger partial charge in [-0.3, -0.25) is 9.59 Å². The average molecular weight is 489 g/mol. The number of amides is 1. The van der Waals surface area contributed by atoms with Crippen molar-refractivity contribution in [2.75, 3.05) is 33.9 Å². The topological polar surface area (TPSA) is 93.2 Å². The molecule has 0 saturated carbocycles. The number of benzene rings is 2. The fraction of sp³-hybridized carbons (Fsp3) is 0.440. The van der Waals surface area contributed by atoms with E-state index in [9.17, 15) is 18.0 Å². The van der Waals surface area contributed by atoms with E-state index in [-0.39, 0.29) is 35.7 Å². The molecule has 1 aliphatic heterocycles. The Hall–Kier alpha value is -2.91. The minimum absolute atomic E-state index is 0.0170. The SMILES string of the molecule is COC(=O)CCN(Cc1ccccc1)C(=O)c1cc(S(=O)(=O)N2CCCCCC2)ccc1OC. The molecule has 1 amide bonds. The van der Waals surface area contributed by atoms with Crippen LogP contribution in [-0.4, -0.2) is 63.4 Å². The normalized spacial score (nSPS) is 14.8. The maximum atomic E-state index is 13.6. The van der Waals surface area contributed by atoms with Crippen molar-refractivity contribution in [1.82, 2.24) is 9.21 Å². The molecule has 2 aromatic rings. The number of carbonyl (C=O) groups excluding carboxylic acids is 2. The van der Waals surface area contributed by atoms with Crippen molar-refractivity contribution in [3.63, 3.8) is 0 Å². The van der Waals surface area contributed by atoms with Gasteiger partial charge in [-0.2, -0.15) is 4.31 Å². The van der Waals surface area contributed by atoms with E-state index in [1.165, 1.54) is 41.6 Å². The molecule has 8 nitrogen and oxygen atoms in total. The van der Waals surface area contributed by atoms with E-state index in [0.29, 0.717) is 13.1 Å². The summed E-state index contributed by atoms with van der Waals surface area (Å²) in [7, 11) is -1.01. The number of hydrogen-bond donors (Lipinski definition) is 0. The lowest BCUT2D eigenvalue weighted by Gasteiger charge is -2.24. The molecule has 0 atom stereocenters. The molecule has 1 fully saturated rings. The van der Waals surface area contributed by atoms with Gasteiger partial charge in [0.1, 0.15) is 5.75 Å². The molecule has 0 N–H and O–H groups in total. The minimum Gasteiger partial charge on any atom is -0.496 e.